The molecule has 0 spiro atoms. The molecule has 0 aromatic heterocycles. The van der Waals surface area contributed by atoms with Crippen LogP contribution in [0.4, 0.5) is 9.59 Å². The van der Waals surface area contributed by atoms with E-state index in [-0.39, 0.29) is 19.8 Å². The van der Waals surface area contributed by atoms with Gasteiger partial charge in [0.25, 0.3) is 0 Å². The van der Waals surface area contributed by atoms with E-state index in [9.17, 15) is 14.4 Å². The van der Waals surface area contributed by atoms with Crippen LogP contribution in [0, 0.1) is 0 Å². The average molecular weight is 368 g/mol. The number of carbonyl (C=O) groups excluding carboxylic acids is 3. The van der Waals surface area contributed by atoms with Crippen molar-refractivity contribution in [1.82, 2.24) is 9.80 Å². The normalized spacial score (nSPS) is 16.3. The van der Waals surface area contributed by atoms with Crippen molar-refractivity contribution in [3.63, 3.8) is 0 Å². The van der Waals surface area contributed by atoms with Gasteiger partial charge in [-0.3, -0.25) is 0 Å². The number of hydrogen-bond acceptors (Lipinski definition) is 5. The fraction of sp³-hybridized carbons (Fsp3) is 0.250. The van der Waals surface area contributed by atoms with E-state index in [1.807, 2.05) is 48.5 Å². The van der Waals surface area contributed by atoms with Gasteiger partial charge in [0, 0.05) is 7.05 Å². The fourth-order valence-electron chi connectivity index (χ4n) is 2.74. The number of amides is 3. The van der Waals surface area contributed by atoms with E-state index in [0.29, 0.717) is 0 Å². The number of likely N-dealkylation sites (N-methyl/N-ethyl adjacent to an activating group) is 1. The zero-order valence-corrected chi connectivity index (χ0v) is 14.9. The predicted molar refractivity (Wildman–Crippen MR) is 96.5 cm³/mol. The molecule has 1 fully saturated rings. The summed E-state index contributed by atoms with van der Waals surface area (Å²) in [4.78, 5) is 39.3. The first-order valence-electron chi connectivity index (χ1n) is 8.52. The third-order valence-electron chi connectivity index (χ3n) is 4.19. The van der Waals surface area contributed by atoms with Gasteiger partial charge >= 0.3 is 18.1 Å². The second-order valence-corrected chi connectivity index (χ2v) is 6.18. The van der Waals surface area contributed by atoms with Crippen LogP contribution in [0.3, 0.4) is 0 Å². The number of ether oxygens (including phenoxy) is 2. The minimum atomic E-state index is -1.03. The lowest BCUT2D eigenvalue weighted by Gasteiger charge is -2.19. The van der Waals surface area contributed by atoms with Crippen molar-refractivity contribution in [2.45, 2.75) is 19.3 Å². The van der Waals surface area contributed by atoms with Gasteiger partial charge in [-0.2, -0.15) is 0 Å². The van der Waals surface area contributed by atoms with Crippen LogP contribution in [0.15, 0.2) is 60.7 Å². The molecule has 27 heavy (non-hydrogen) atoms. The van der Waals surface area contributed by atoms with Crippen molar-refractivity contribution in [3.8, 4) is 0 Å². The van der Waals surface area contributed by atoms with Crippen LogP contribution in [-0.4, -0.2) is 47.5 Å². The van der Waals surface area contributed by atoms with E-state index in [0.717, 1.165) is 16.0 Å². The Morgan fingerprint density at radius 2 is 1.44 bits per heavy atom. The topological polar surface area (TPSA) is 76.2 Å². The summed E-state index contributed by atoms with van der Waals surface area (Å²) in [6, 6.07) is 16.7. The average Bonchev–Trinajstić information content (AvgIpc) is 3.00. The molecule has 0 aliphatic carbocycles. The Kier molecular flexibility index (Phi) is 5.71. The van der Waals surface area contributed by atoms with Crippen LogP contribution in [0.5, 0.6) is 0 Å². The molecule has 3 amide bonds. The Hall–Kier alpha value is -3.35. The molecule has 7 heteroatoms. The number of nitrogens with zero attached hydrogens (tertiary/aromatic N) is 2. The maximum Gasteiger partial charge on any atom is 0.419 e. The third kappa shape index (κ3) is 4.44. The smallest absolute Gasteiger partial charge is 0.419 e. The number of imide groups is 1. The van der Waals surface area contributed by atoms with Gasteiger partial charge in [-0.15, -0.1) is 0 Å². The van der Waals surface area contributed by atoms with Gasteiger partial charge in [0.05, 0.1) is 6.54 Å². The first kappa shape index (κ1) is 18.4. The lowest BCUT2D eigenvalue weighted by atomic mass is 10.2. The van der Waals surface area contributed by atoms with Gasteiger partial charge in [0.15, 0.2) is 6.04 Å². The molecule has 1 aliphatic heterocycles. The van der Waals surface area contributed by atoms with Crippen LogP contribution in [0.1, 0.15) is 11.1 Å². The Labute approximate surface area is 157 Å². The second-order valence-electron chi connectivity index (χ2n) is 6.18. The maximum atomic E-state index is 12.4. The van der Waals surface area contributed by atoms with Crippen LogP contribution >= 0.6 is 0 Å². The molecule has 1 atom stereocenters. The number of rotatable bonds is 5. The Morgan fingerprint density at radius 3 is 2.00 bits per heavy atom. The molecule has 3 rings (SSSR count). The molecule has 2 aromatic rings. The highest BCUT2D eigenvalue weighted by atomic mass is 16.6. The molecular formula is C20H20N2O5. The van der Waals surface area contributed by atoms with Gasteiger partial charge in [0.1, 0.15) is 13.2 Å². The van der Waals surface area contributed by atoms with Crippen molar-refractivity contribution < 1.29 is 23.9 Å². The number of benzene rings is 2. The molecule has 2 aromatic carbocycles. The lowest BCUT2D eigenvalue weighted by molar-refractivity contribution is -0.149. The summed E-state index contributed by atoms with van der Waals surface area (Å²) in [7, 11) is 1.52. The number of hydrogen-bond donors (Lipinski definition) is 0. The van der Waals surface area contributed by atoms with Gasteiger partial charge in [0.2, 0.25) is 0 Å². The highest BCUT2D eigenvalue weighted by Crippen LogP contribution is 2.18. The minimum absolute atomic E-state index is 0.0128. The molecule has 140 valence electrons. The number of esters is 1. The maximum absolute atomic E-state index is 12.4. The lowest BCUT2D eigenvalue weighted by Crippen LogP contribution is -2.44. The van der Waals surface area contributed by atoms with E-state index in [2.05, 4.69) is 0 Å². The molecule has 0 N–H and O–H groups in total. The van der Waals surface area contributed by atoms with E-state index >= 15 is 0 Å². The zero-order valence-electron chi connectivity index (χ0n) is 14.9. The molecular weight excluding hydrogens is 348 g/mol. The summed E-state index contributed by atoms with van der Waals surface area (Å²) in [6.07, 6.45) is -0.866. The summed E-state index contributed by atoms with van der Waals surface area (Å²) in [5, 5.41) is 0. The van der Waals surface area contributed by atoms with Crippen LogP contribution < -0.4 is 0 Å². The van der Waals surface area contributed by atoms with Crippen molar-refractivity contribution in [1.29, 1.82) is 0 Å². The molecule has 1 unspecified atom stereocenters. The van der Waals surface area contributed by atoms with Gasteiger partial charge in [-0.1, -0.05) is 60.7 Å². The van der Waals surface area contributed by atoms with E-state index < -0.39 is 24.1 Å². The first-order chi connectivity index (χ1) is 13.1. The Morgan fingerprint density at radius 1 is 0.926 bits per heavy atom. The third-order valence-corrected chi connectivity index (χ3v) is 4.19. The van der Waals surface area contributed by atoms with Crippen molar-refractivity contribution in [3.05, 3.63) is 71.8 Å². The van der Waals surface area contributed by atoms with Crippen molar-refractivity contribution >= 4 is 18.1 Å². The fourth-order valence-corrected chi connectivity index (χ4v) is 2.74. The first-order valence-corrected chi connectivity index (χ1v) is 8.52. The summed E-state index contributed by atoms with van der Waals surface area (Å²) in [5.41, 5.74) is 1.61. The second kappa shape index (κ2) is 8.35. The summed E-state index contributed by atoms with van der Waals surface area (Å²) >= 11 is 0. The molecule has 0 saturated carbocycles. The predicted octanol–water partition coefficient (Wildman–Crippen LogP) is 2.80. The van der Waals surface area contributed by atoms with E-state index in [1.165, 1.54) is 11.9 Å². The summed E-state index contributed by atoms with van der Waals surface area (Å²) in [6.45, 7) is 0.146. The molecule has 1 saturated heterocycles. The molecule has 0 bridgehead atoms. The van der Waals surface area contributed by atoms with Crippen LogP contribution in [-0.2, 0) is 27.5 Å². The van der Waals surface area contributed by atoms with E-state index in [1.54, 1.807) is 12.1 Å². The van der Waals surface area contributed by atoms with Crippen molar-refractivity contribution in [2.75, 3.05) is 13.6 Å². The Balaban J connectivity index is 1.63. The summed E-state index contributed by atoms with van der Waals surface area (Å²) < 4.78 is 10.5. The SMILES string of the molecule is CN1CC(C(=O)OCc2ccccc2)N(C(=O)OCc2ccccc2)C1=O. The molecule has 7 nitrogen and oxygen atoms in total. The minimum Gasteiger partial charge on any atom is -0.459 e. The monoisotopic (exact) mass is 368 g/mol. The summed E-state index contributed by atoms with van der Waals surface area (Å²) in [5.74, 6) is -0.645. The quantitative estimate of drug-likeness (QED) is 0.759. The molecule has 0 radical (unpaired) electrons. The van der Waals surface area contributed by atoms with Gasteiger partial charge < -0.3 is 14.4 Å². The highest BCUT2D eigenvalue weighted by Gasteiger charge is 2.45. The molecule has 1 heterocycles. The van der Waals surface area contributed by atoms with E-state index in [4.69, 9.17) is 9.47 Å². The van der Waals surface area contributed by atoms with Gasteiger partial charge in [-0.05, 0) is 11.1 Å². The standard InChI is InChI=1S/C20H20N2O5/c1-21-12-17(18(23)26-13-15-8-4-2-5-9-15)22(19(21)24)20(25)27-14-16-10-6-3-7-11-16/h2-11,17H,12-14H2,1H3. The number of urea groups is 1. The largest absolute Gasteiger partial charge is 0.459 e. The highest BCUT2D eigenvalue weighted by molar-refractivity contribution is 5.98. The van der Waals surface area contributed by atoms with Crippen LogP contribution in [0.25, 0.3) is 0 Å². The number of carbonyl (C=O) groups is 3. The molecule has 1 aliphatic rings. The van der Waals surface area contributed by atoms with Gasteiger partial charge in [-0.25, -0.2) is 19.3 Å². The Bertz CT molecular complexity index is 810. The van der Waals surface area contributed by atoms with Crippen molar-refractivity contribution in [2.24, 2.45) is 0 Å². The van der Waals surface area contributed by atoms with Crippen LogP contribution in [0.2, 0.25) is 0 Å². The zero-order chi connectivity index (χ0) is 19.2.